The second-order valence-electron chi connectivity index (χ2n) is 5.32. The summed E-state index contributed by atoms with van der Waals surface area (Å²) in [5.74, 6) is 1.08. The zero-order valence-corrected chi connectivity index (χ0v) is 15.0. The molecule has 2 N–H and O–H groups in total. The van der Waals surface area contributed by atoms with Crippen LogP contribution in [0.1, 0.15) is 10.6 Å². The van der Waals surface area contributed by atoms with Gasteiger partial charge in [-0.25, -0.2) is 0 Å². The van der Waals surface area contributed by atoms with Crippen molar-refractivity contribution < 1.29 is 18.7 Å². The number of carbonyl (C=O) groups excluding carboxylic acids is 1. The van der Waals surface area contributed by atoms with Crippen molar-refractivity contribution in [3.05, 3.63) is 65.6 Å². The number of halogens is 1. The van der Waals surface area contributed by atoms with E-state index in [0.29, 0.717) is 27.9 Å². The predicted molar refractivity (Wildman–Crippen MR) is 101 cm³/mol. The Labute approximate surface area is 155 Å². The average Bonchev–Trinajstić information content (AvgIpc) is 3.19. The molecule has 0 saturated carbocycles. The third-order valence-electron chi connectivity index (χ3n) is 3.64. The van der Waals surface area contributed by atoms with E-state index in [9.17, 15) is 4.79 Å². The molecule has 1 amide bonds. The Morgan fingerprint density at radius 3 is 2.31 bits per heavy atom. The summed E-state index contributed by atoms with van der Waals surface area (Å²) in [6, 6.07) is 13.9. The summed E-state index contributed by atoms with van der Waals surface area (Å²) in [5, 5.41) is 6.46. The minimum absolute atomic E-state index is 0.255. The smallest absolute Gasteiger partial charge is 0.291 e. The zero-order valence-electron chi connectivity index (χ0n) is 14.2. The number of anilines is 3. The lowest BCUT2D eigenvalue weighted by Crippen LogP contribution is -2.10. The number of amides is 1. The Hall–Kier alpha value is -3.12. The van der Waals surface area contributed by atoms with E-state index in [1.165, 1.54) is 6.26 Å². The van der Waals surface area contributed by atoms with E-state index in [0.717, 1.165) is 5.69 Å². The van der Waals surface area contributed by atoms with Gasteiger partial charge in [-0.15, -0.1) is 0 Å². The summed E-state index contributed by atoms with van der Waals surface area (Å²) in [7, 11) is 3.12. The topological polar surface area (TPSA) is 72.7 Å². The predicted octanol–water partition coefficient (Wildman–Crippen LogP) is 4.95. The van der Waals surface area contributed by atoms with Crippen LogP contribution in [0.3, 0.4) is 0 Å². The molecule has 3 aromatic rings. The van der Waals surface area contributed by atoms with Crippen LogP contribution in [-0.4, -0.2) is 20.1 Å². The summed E-state index contributed by atoms with van der Waals surface area (Å²) in [4.78, 5) is 12.0. The maximum atomic E-state index is 12.0. The SMILES string of the molecule is COc1cc(Nc2ccc(NC(=O)c3ccco3)cc2)c(OC)cc1Cl. The fourth-order valence-electron chi connectivity index (χ4n) is 2.35. The second kappa shape index (κ2) is 7.84. The summed E-state index contributed by atoms with van der Waals surface area (Å²) in [6.07, 6.45) is 1.45. The molecule has 0 bridgehead atoms. The van der Waals surface area contributed by atoms with Gasteiger partial charge in [0.05, 0.1) is 31.2 Å². The van der Waals surface area contributed by atoms with Gasteiger partial charge in [-0.3, -0.25) is 4.79 Å². The Morgan fingerprint density at radius 1 is 1.00 bits per heavy atom. The lowest BCUT2D eigenvalue weighted by molar-refractivity contribution is 0.0996. The van der Waals surface area contributed by atoms with Crippen molar-refractivity contribution >= 4 is 34.6 Å². The van der Waals surface area contributed by atoms with E-state index < -0.39 is 0 Å². The molecule has 26 heavy (non-hydrogen) atoms. The molecule has 0 fully saturated rings. The number of hydrogen-bond donors (Lipinski definition) is 2. The first-order valence-electron chi connectivity index (χ1n) is 7.74. The summed E-state index contributed by atoms with van der Waals surface area (Å²) < 4.78 is 15.6. The average molecular weight is 373 g/mol. The quantitative estimate of drug-likeness (QED) is 0.640. The van der Waals surface area contributed by atoms with Crippen molar-refractivity contribution in [2.45, 2.75) is 0 Å². The molecule has 1 aromatic heterocycles. The largest absolute Gasteiger partial charge is 0.495 e. The fraction of sp³-hybridized carbons (Fsp3) is 0.105. The molecule has 1 heterocycles. The Kier molecular flexibility index (Phi) is 5.34. The van der Waals surface area contributed by atoms with E-state index in [-0.39, 0.29) is 11.7 Å². The van der Waals surface area contributed by atoms with E-state index in [2.05, 4.69) is 10.6 Å². The normalized spacial score (nSPS) is 10.3. The Bertz CT molecular complexity index is 893. The van der Waals surface area contributed by atoms with Crippen LogP contribution in [0, 0.1) is 0 Å². The highest BCUT2D eigenvalue weighted by molar-refractivity contribution is 6.32. The van der Waals surface area contributed by atoms with Gasteiger partial charge in [-0.1, -0.05) is 11.6 Å². The number of nitrogens with one attached hydrogen (secondary N) is 2. The van der Waals surface area contributed by atoms with Crippen LogP contribution < -0.4 is 20.1 Å². The molecule has 0 aliphatic rings. The van der Waals surface area contributed by atoms with E-state index in [1.807, 2.05) is 12.1 Å². The number of ether oxygens (including phenoxy) is 2. The van der Waals surface area contributed by atoms with Crippen molar-refractivity contribution in [2.24, 2.45) is 0 Å². The van der Waals surface area contributed by atoms with Gasteiger partial charge in [0.25, 0.3) is 5.91 Å². The van der Waals surface area contributed by atoms with Gasteiger partial charge in [0.2, 0.25) is 0 Å². The van der Waals surface area contributed by atoms with Crippen molar-refractivity contribution in [3.8, 4) is 11.5 Å². The fourth-order valence-corrected chi connectivity index (χ4v) is 2.58. The van der Waals surface area contributed by atoms with E-state index in [1.54, 1.807) is 50.6 Å². The minimum atomic E-state index is -0.306. The van der Waals surface area contributed by atoms with Crippen LogP contribution in [0.2, 0.25) is 5.02 Å². The van der Waals surface area contributed by atoms with Crippen LogP contribution in [0.4, 0.5) is 17.1 Å². The molecule has 0 saturated heterocycles. The standard InChI is InChI=1S/C19H17ClN2O4/c1-24-17-11-15(18(25-2)10-14(17)20)21-12-5-7-13(8-6-12)22-19(23)16-4-3-9-26-16/h3-11,21H,1-2H3,(H,22,23). The zero-order chi connectivity index (χ0) is 18.5. The highest BCUT2D eigenvalue weighted by atomic mass is 35.5. The molecule has 6 nitrogen and oxygen atoms in total. The summed E-state index contributed by atoms with van der Waals surface area (Å²) in [5.41, 5.74) is 2.17. The van der Waals surface area contributed by atoms with Crippen molar-refractivity contribution in [3.63, 3.8) is 0 Å². The van der Waals surface area contributed by atoms with Crippen LogP contribution in [0.25, 0.3) is 0 Å². The number of methoxy groups -OCH3 is 2. The maximum Gasteiger partial charge on any atom is 0.291 e. The molecule has 0 aliphatic heterocycles. The number of rotatable bonds is 6. The van der Waals surface area contributed by atoms with Crippen LogP contribution in [0.5, 0.6) is 11.5 Å². The van der Waals surface area contributed by atoms with Crippen LogP contribution in [0.15, 0.2) is 59.2 Å². The van der Waals surface area contributed by atoms with Gasteiger partial charge in [-0.2, -0.15) is 0 Å². The van der Waals surface area contributed by atoms with Crippen molar-refractivity contribution in [1.29, 1.82) is 0 Å². The third kappa shape index (κ3) is 3.92. The summed E-state index contributed by atoms with van der Waals surface area (Å²) >= 11 is 6.11. The molecular formula is C19H17ClN2O4. The summed E-state index contributed by atoms with van der Waals surface area (Å²) in [6.45, 7) is 0. The molecule has 0 spiro atoms. The molecule has 0 radical (unpaired) electrons. The van der Waals surface area contributed by atoms with Crippen molar-refractivity contribution in [2.75, 3.05) is 24.9 Å². The maximum absolute atomic E-state index is 12.0. The van der Waals surface area contributed by atoms with Crippen LogP contribution in [-0.2, 0) is 0 Å². The lowest BCUT2D eigenvalue weighted by Gasteiger charge is -2.14. The molecule has 0 aliphatic carbocycles. The first kappa shape index (κ1) is 17.7. The van der Waals surface area contributed by atoms with Gasteiger partial charge in [0.1, 0.15) is 11.5 Å². The van der Waals surface area contributed by atoms with Crippen LogP contribution >= 0.6 is 11.6 Å². The van der Waals surface area contributed by atoms with Gasteiger partial charge < -0.3 is 24.5 Å². The number of carbonyl (C=O) groups is 1. The highest BCUT2D eigenvalue weighted by Crippen LogP contribution is 2.37. The first-order valence-corrected chi connectivity index (χ1v) is 8.12. The van der Waals surface area contributed by atoms with E-state index >= 15 is 0 Å². The Morgan fingerprint density at radius 2 is 1.69 bits per heavy atom. The van der Waals surface area contributed by atoms with Gasteiger partial charge in [-0.05, 0) is 36.4 Å². The molecular weight excluding hydrogens is 356 g/mol. The number of benzene rings is 2. The monoisotopic (exact) mass is 372 g/mol. The number of hydrogen-bond acceptors (Lipinski definition) is 5. The highest BCUT2D eigenvalue weighted by Gasteiger charge is 2.11. The lowest BCUT2D eigenvalue weighted by atomic mass is 10.2. The molecule has 7 heteroatoms. The van der Waals surface area contributed by atoms with E-state index in [4.69, 9.17) is 25.5 Å². The molecule has 2 aromatic carbocycles. The first-order chi connectivity index (χ1) is 12.6. The van der Waals surface area contributed by atoms with Gasteiger partial charge in [0.15, 0.2) is 5.76 Å². The Balaban J connectivity index is 1.74. The minimum Gasteiger partial charge on any atom is -0.495 e. The molecule has 0 unspecified atom stereocenters. The van der Waals surface area contributed by atoms with Gasteiger partial charge >= 0.3 is 0 Å². The molecule has 0 atom stereocenters. The van der Waals surface area contributed by atoms with Crippen molar-refractivity contribution in [1.82, 2.24) is 0 Å². The third-order valence-corrected chi connectivity index (χ3v) is 3.94. The molecule has 134 valence electrons. The van der Waals surface area contributed by atoms with Gasteiger partial charge in [0, 0.05) is 23.5 Å². The molecule has 3 rings (SSSR count). The number of furan rings is 1. The second-order valence-corrected chi connectivity index (χ2v) is 5.73.